The first-order valence-corrected chi connectivity index (χ1v) is 8.38. The number of nitrogens with zero attached hydrogens (tertiary/aromatic N) is 1. The molecular formula is C14H17NO2S2. The lowest BCUT2D eigenvalue weighted by atomic mass is 9.91. The summed E-state index contributed by atoms with van der Waals surface area (Å²) in [4.78, 5) is 15.4. The Hall–Kier alpha value is -0.910. The lowest BCUT2D eigenvalue weighted by molar-refractivity contribution is 0.0567. The molecule has 1 fully saturated rings. The quantitative estimate of drug-likeness (QED) is 0.919. The molecule has 1 aliphatic rings. The van der Waals surface area contributed by atoms with Crippen LogP contribution in [0, 0.1) is 0 Å². The Morgan fingerprint density at radius 1 is 1.42 bits per heavy atom. The highest BCUT2D eigenvalue weighted by molar-refractivity contribution is 7.27. The van der Waals surface area contributed by atoms with Crippen LogP contribution in [0.25, 0.3) is 9.40 Å². The number of carbonyl (C=O) groups is 1. The molecule has 5 heteroatoms. The third-order valence-electron chi connectivity index (χ3n) is 3.68. The molecule has 1 saturated carbocycles. The van der Waals surface area contributed by atoms with Gasteiger partial charge in [0.2, 0.25) is 0 Å². The number of aliphatic hydroxyl groups is 1. The molecule has 2 aromatic rings. The van der Waals surface area contributed by atoms with E-state index in [1.165, 1.54) is 15.8 Å². The van der Waals surface area contributed by atoms with E-state index < -0.39 is 0 Å². The number of aliphatic hydroxyl groups excluding tert-OH is 1. The van der Waals surface area contributed by atoms with Gasteiger partial charge in [-0.2, -0.15) is 0 Å². The Labute approximate surface area is 120 Å². The fourth-order valence-electron chi connectivity index (χ4n) is 2.40. The van der Waals surface area contributed by atoms with Crippen LogP contribution in [0.5, 0.6) is 0 Å². The molecule has 2 heterocycles. The lowest BCUT2D eigenvalue weighted by Gasteiger charge is -2.37. The SMILES string of the molecule is O=C(c1cc2sccc2s1)N(CCCO)C1CCC1. The maximum Gasteiger partial charge on any atom is 0.264 e. The van der Waals surface area contributed by atoms with Gasteiger partial charge >= 0.3 is 0 Å². The molecule has 0 radical (unpaired) electrons. The standard InChI is InChI=1S/C14H17NO2S2/c16-7-2-6-15(10-3-1-4-10)14(17)13-9-12-11(19-13)5-8-18-12/h5,8-10,16H,1-4,6-7H2. The molecule has 0 bridgehead atoms. The molecule has 3 nitrogen and oxygen atoms in total. The highest BCUT2D eigenvalue weighted by atomic mass is 32.1. The molecule has 1 amide bonds. The summed E-state index contributed by atoms with van der Waals surface area (Å²) in [5.41, 5.74) is 0. The molecule has 0 spiro atoms. The highest BCUT2D eigenvalue weighted by Crippen LogP contribution is 2.33. The van der Waals surface area contributed by atoms with E-state index in [9.17, 15) is 4.79 Å². The van der Waals surface area contributed by atoms with Gasteiger partial charge in [0, 0.05) is 28.6 Å². The van der Waals surface area contributed by atoms with E-state index in [-0.39, 0.29) is 12.5 Å². The van der Waals surface area contributed by atoms with Crippen molar-refractivity contribution in [1.29, 1.82) is 0 Å². The summed E-state index contributed by atoms with van der Waals surface area (Å²) >= 11 is 3.27. The minimum Gasteiger partial charge on any atom is -0.396 e. The fourth-order valence-corrected chi connectivity index (χ4v) is 4.47. The third kappa shape index (κ3) is 2.55. The molecular weight excluding hydrogens is 278 g/mol. The smallest absolute Gasteiger partial charge is 0.264 e. The van der Waals surface area contributed by atoms with Crippen LogP contribution in [-0.4, -0.2) is 35.1 Å². The molecule has 19 heavy (non-hydrogen) atoms. The van der Waals surface area contributed by atoms with E-state index in [0.29, 0.717) is 19.0 Å². The van der Waals surface area contributed by atoms with Crippen molar-refractivity contribution in [2.75, 3.05) is 13.2 Å². The number of thiophene rings is 2. The second-order valence-electron chi connectivity index (χ2n) is 4.92. The monoisotopic (exact) mass is 295 g/mol. The van der Waals surface area contributed by atoms with Crippen molar-refractivity contribution in [1.82, 2.24) is 4.90 Å². The van der Waals surface area contributed by atoms with Crippen LogP contribution >= 0.6 is 22.7 Å². The number of rotatable bonds is 5. The van der Waals surface area contributed by atoms with Crippen molar-refractivity contribution < 1.29 is 9.90 Å². The lowest BCUT2D eigenvalue weighted by Crippen LogP contribution is -2.44. The van der Waals surface area contributed by atoms with E-state index in [1.807, 2.05) is 11.0 Å². The minimum atomic E-state index is 0.145. The Kier molecular flexibility index (Phi) is 3.86. The van der Waals surface area contributed by atoms with Crippen molar-refractivity contribution in [3.63, 3.8) is 0 Å². The average Bonchev–Trinajstić information content (AvgIpc) is 2.91. The van der Waals surface area contributed by atoms with Crippen LogP contribution in [-0.2, 0) is 0 Å². The summed E-state index contributed by atoms with van der Waals surface area (Å²) in [6, 6.07) is 4.47. The summed E-state index contributed by atoms with van der Waals surface area (Å²) in [5.74, 6) is 0.145. The molecule has 1 aliphatic carbocycles. The van der Waals surface area contributed by atoms with Crippen molar-refractivity contribution >= 4 is 38.0 Å². The topological polar surface area (TPSA) is 40.5 Å². The van der Waals surface area contributed by atoms with Gasteiger partial charge in [0.05, 0.1) is 4.88 Å². The molecule has 0 saturated heterocycles. The van der Waals surface area contributed by atoms with Crippen molar-refractivity contribution in [3.05, 3.63) is 22.4 Å². The second kappa shape index (κ2) is 5.61. The maximum atomic E-state index is 12.6. The van der Waals surface area contributed by atoms with E-state index in [0.717, 1.165) is 17.7 Å². The Balaban J connectivity index is 1.80. The summed E-state index contributed by atoms with van der Waals surface area (Å²) in [5, 5.41) is 11.0. The van der Waals surface area contributed by atoms with Crippen LogP contribution in [0.4, 0.5) is 0 Å². The largest absolute Gasteiger partial charge is 0.396 e. The van der Waals surface area contributed by atoms with E-state index in [1.54, 1.807) is 22.7 Å². The van der Waals surface area contributed by atoms with Crippen LogP contribution < -0.4 is 0 Å². The van der Waals surface area contributed by atoms with Crippen LogP contribution in [0.2, 0.25) is 0 Å². The molecule has 0 aromatic carbocycles. The first kappa shape index (κ1) is 13.1. The maximum absolute atomic E-state index is 12.6. The van der Waals surface area contributed by atoms with Gasteiger partial charge in [-0.15, -0.1) is 22.7 Å². The average molecular weight is 295 g/mol. The molecule has 0 atom stereocenters. The zero-order valence-corrected chi connectivity index (χ0v) is 12.3. The first-order valence-electron chi connectivity index (χ1n) is 6.68. The van der Waals surface area contributed by atoms with Gasteiger partial charge in [0.15, 0.2) is 0 Å². The van der Waals surface area contributed by atoms with Gasteiger partial charge in [0.25, 0.3) is 5.91 Å². The zero-order chi connectivity index (χ0) is 13.2. The fraction of sp³-hybridized carbons (Fsp3) is 0.500. The number of hydrogen-bond acceptors (Lipinski definition) is 4. The molecule has 0 unspecified atom stereocenters. The summed E-state index contributed by atoms with van der Waals surface area (Å²) < 4.78 is 2.40. The molecule has 3 rings (SSSR count). The molecule has 102 valence electrons. The minimum absolute atomic E-state index is 0.145. The molecule has 1 N–H and O–H groups in total. The van der Waals surface area contributed by atoms with E-state index in [2.05, 4.69) is 11.4 Å². The van der Waals surface area contributed by atoms with E-state index >= 15 is 0 Å². The van der Waals surface area contributed by atoms with Gasteiger partial charge in [0.1, 0.15) is 0 Å². The van der Waals surface area contributed by atoms with Crippen molar-refractivity contribution in [2.45, 2.75) is 31.7 Å². The van der Waals surface area contributed by atoms with Gasteiger partial charge in [-0.3, -0.25) is 4.79 Å². The predicted molar refractivity (Wildman–Crippen MR) is 80.1 cm³/mol. The zero-order valence-electron chi connectivity index (χ0n) is 10.7. The Morgan fingerprint density at radius 3 is 2.89 bits per heavy atom. The van der Waals surface area contributed by atoms with Crippen LogP contribution in [0.15, 0.2) is 17.5 Å². The predicted octanol–water partition coefficient (Wildman–Crippen LogP) is 3.34. The number of hydrogen-bond donors (Lipinski definition) is 1. The van der Waals surface area contributed by atoms with E-state index in [4.69, 9.17) is 5.11 Å². The number of carbonyl (C=O) groups excluding carboxylic acids is 1. The summed E-state index contributed by atoms with van der Waals surface area (Å²) in [6.45, 7) is 0.821. The summed E-state index contributed by atoms with van der Waals surface area (Å²) in [7, 11) is 0. The van der Waals surface area contributed by atoms with Crippen LogP contribution in [0.1, 0.15) is 35.4 Å². The highest BCUT2D eigenvalue weighted by Gasteiger charge is 2.29. The Bertz CT molecular complexity index is 542. The molecule has 0 aliphatic heterocycles. The van der Waals surface area contributed by atoms with Crippen molar-refractivity contribution in [3.8, 4) is 0 Å². The van der Waals surface area contributed by atoms with Crippen molar-refractivity contribution in [2.24, 2.45) is 0 Å². The molecule has 2 aromatic heterocycles. The third-order valence-corrected chi connectivity index (χ3v) is 5.76. The summed E-state index contributed by atoms with van der Waals surface area (Å²) in [6.07, 6.45) is 4.10. The first-order chi connectivity index (χ1) is 9.29. The van der Waals surface area contributed by atoms with Gasteiger partial charge in [-0.1, -0.05) is 0 Å². The number of amides is 1. The second-order valence-corrected chi connectivity index (χ2v) is 6.95. The normalized spacial score (nSPS) is 15.6. The van der Waals surface area contributed by atoms with Crippen LogP contribution in [0.3, 0.4) is 0 Å². The van der Waals surface area contributed by atoms with Gasteiger partial charge < -0.3 is 10.0 Å². The van der Waals surface area contributed by atoms with Gasteiger partial charge in [-0.05, 0) is 43.2 Å². The number of fused-ring (bicyclic) bond motifs is 1. The Morgan fingerprint density at radius 2 is 2.26 bits per heavy atom. The van der Waals surface area contributed by atoms with Gasteiger partial charge in [-0.25, -0.2) is 0 Å².